The van der Waals surface area contributed by atoms with Crippen LogP contribution in [0.15, 0.2) is 42.5 Å². The van der Waals surface area contributed by atoms with Gasteiger partial charge in [0.1, 0.15) is 0 Å². The standard InChI is InChI=1S/C29H38FN3O4/c1-2-7-21-16-23(28(30)25(18-21)33-13-6-10-27(33)35)29(36)32-24(17-20-8-4-3-5-9-20)26(34)19-31-22-11-14-37-15-12-22/h3-5,8-9,16,18,22,24,26,31,34H,2,6-7,10-15,17,19H2,1H3,(H,32,36)/t24-,26-/m0/s1. The van der Waals surface area contributed by atoms with Crippen LogP contribution < -0.4 is 15.5 Å². The van der Waals surface area contributed by atoms with Gasteiger partial charge in [-0.25, -0.2) is 4.39 Å². The molecule has 2 saturated heterocycles. The van der Waals surface area contributed by atoms with Crippen LogP contribution >= 0.6 is 0 Å². The van der Waals surface area contributed by atoms with Gasteiger partial charge in [0.05, 0.1) is 23.4 Å². The van der Waals surface area contributed by atoms with Crippen molar-refractivity contribution in [1.82, 2.24) is 10.6 Å². The molecule has 7 nitrogen and oxygen atoms in total. The van der Waals surface area contributed by atoms with Crippen LogP contribution in [0.4, 0.5) is 10.1 Å². The number of amides is 2. The molecule has 2 heterocycles. The largest absolute Gasteiger partial charge is 0.390 e. The van der Waals surface area contributed by atoms with E-state index < -0.39 is 23.9 Å². The van der Waals surface area contributed by atoms with Crippen molar-refractivity contribution in [2.75, 3.05) is 31.2 Å². The molecule has 200 valence electrons. The third-order valence-electron chi connectivity index (χ3n) is 7.18. The van der Waals surface area contributed by atoms with Crippen molar-refractivity contribution in [3.8, 4) is 0 Å². The van der Waals surface area contributed by atoms with E-state index in [1.54, 1.807) is 12.1 Å². The first kappa shape index (κ1) is 27.2. The van der Waals surface area contributed by atoms with Gasteiger partial charge in [0.2, 0.25) is 5.91 Å². The van der Waals surface area contributed by atoms with Crippen molar-refractivity contribution in [2.45, 2.75) is 70.1 Å². The number of hydrogen-bond donors (Lipinski definition) is 3. The van der Waals surface area contributed by atoms with Gasteiger partial charge in [-0.1, -0.05) is 43.7 Å². The predicted octanol–water partition coefficient (Wildman–Crippen LogP) is 3.38. The maximum atomic E-state index is 15.7. The minimum atomic E-state index is -0.881. The van der Waals surface area contributed by atoms with Crippen molar-refractivity contribution in [3.05, 3.63) is 65.0 Å². The van der Waals surface area contributed by atoms with E-state index in [0.717, 1.165) is 30.4 Å². The smallest absolute Gasteiger partial charge is 0.254 e. The molecule has 0 unspecified atom stereocenters. The Balaban J connectivity index is 1.55. The second kappa shape index (κ2) is 13.1. The summed E-state index contributed by atoms with van der Waals surface area (Å²) in [5, 5.41) is 17.4. The molecule has 2 amide bonds. The molecule has 2 fully saturated rings. The SMILES string of the molecule is CCCc1cc(C(=O)N[C@@H](Cc2ccccc2)[C@@H](O)CNC2CCOCC2)c(F)c(N2CCCC2=O)c1. The predicted molar refractivity (Wildman–Crippen MR) is 141 cm³/mol. The maximum Gasteiger partial charge on any atom is 0.254 e. The summed E-state index contributed by atoms with van der Waals surface area (Å²) in [6, 6.07) is 12.5. The highest BCUT2D eigenvalue weighted by Gasteiger charge is 2.30. The summed E-state index contributed by atoms with van der Waals surface area (Å²) in [6.07, 6.45) is 3.80. The first-order valence-corrected chi connectivity index (χ1v) is 13.4. The Hall–Kier alpha value is -2.81. The molecule has 8 heteroatoms. The third kappa shape index (κ3) is 7.15. The average Bonchev–Trinajstić information content (AvgIpc) is 3.34. The average molecular weight is 512 g/mol. The van der Waals surface area contributed by atoms with Crippen LogP contribution in [0.1, 0.15) is 60.5 Å². The number of aliphatic hydroxyl groups excluding tert-OH is 1. The number of carbonyl (C=O) groups is 2. The lowest BCUT2D eigenvalue weighted by molar-refractivity contribution is -0.117. The second-order valence-electron chi connectivity index (χ2n) is 10.0. The molecule has 0 radical (unpaired) electrons. The van der Waals surface area contributed by atoms with E-state index in [0.29, 0.717) is 52.0 Å². The fourth-order valence-corrected chi connectivity index (χ4v) is 5.09. The minimum absolute atomic E-state index is 0.0942. The molecular formula is C29H38FN3O4. The molecule has 2 aliphatic heterocycles. The number of hydrogen-bond acceptors (Lipinski definition) is 5. The number of aliphatic hydroxyl groups is 1. The quantitative estimate of drug-likeness (QED) is 0.430. The molecule has 3 N–H and O–H groups in total. The van der Waals surface area contributed by atoms with E-state index in [1.807, 2.05) is 37.3 Å². The number of benzene rings is 2. The van der Waals surface area contributed by atoms with Crippen molar-refractivity contribution in [2.24, 2.45) is 0 Å². The van der Waals surface area contributed by atoms with Crippen LogP contribution in [0.5, 0.6) is 0 Å². The van der Waals surface area contributed by atoms with E-state index in [2.05, 4.69) is 10.6 Å². The van der Waals surface area contributed by atoms with Gasteiger partial charge in [-0.2, -0.15) is 0 Å². The molecule has 2 aliphatic rings. The highest BCUT2D eigenvalue weighted by atomic mass is 19.1. The molecule has 0 aliphatic carbocycles. The summed E-state index contributed by atoms with van der Waals surface area (Å²) in [5.74, 6) is -1.41. The van der Waals surface area contributed by atoms with Crippen LogP contribution in [-0.4, -0.2) is 61.4 Å². The van der Waals surface area contributed by atoms with Crippen LogP contribution in [0.25, 0.3) is 0 Å². The Morgan fingerprint density at radius 3 is 2.62 bits per heavy atom. The van der Waals surface area contributed by atoms with Crippen LogP contribution in [0.3, 0.4) is 0 Å². The zero-order chi connectivity index (χ0) is 26.2. The molecule has 2 aromatic carbocycles. The molecule has 37 heavy (non-hydrogen) atoms. The van der Waals surface area contributed by atoms with Crippen molar-refractivity contribution < 1.29 is 23.8 Å². The Bertz CT molecular complexity index is 1060. The number of nitrogens with one attached hydrogen (secondary N) is 2. The normalized spacial score (nSPS) is 18.1. The Kier molecular flexibility index (Phi) is 9.66. The molecular weight excluding hydrogens is 473 g/mol. The van der Waals surface area contributed by atoms with Crippen molar-refractivity contribution in [1.29, 1.82) is 0 Å². The maximum absolute atomic E-state index is 15.7. The van der Waals surface area contributed by atoms with E-state index in [9.17, 15) is 14.7 Å². The third-order valence-corrected chi connectivity index (χ3v) is 7.18. The molecule has 0 saturated carbocycles. The number of halogens is 1. The van der Waals surface area contributed by atoms with Gasteiger partial charge < -0.3 is 25.4 Å². The number of nitrogens with zero attached hydrogens (tertiary/aromatic N) is 1. The van der Waals surface area contributed by atoms with Gasteiger partial charge in [-0.3, -0.25) is 9.59 Å². The summed E-state index contributed by atoms with van der Waals surface area (Å²) in [6.45, 7) is 4.13. The lowest BCUT2D eigenvalue weighted by Crippen LogP contribution is -2.50. The Morgan fingerprint density at radius 2 is 1.95 bits per heavy atom. The summed E-state index contributed by atoms with van der Waals surface area (Å²) >= 11 is 0. The summed E-state index contributed by atoms with van der Waals surface area (Å²) in [4.78, 5) is 27.3. The Labute approximate surface area is 218 Å². The van der Waals surface area contributed by atoms with Gasteiger partial charge in [0.15, 0.2) is 5.82 Å². The topological polar surface area (TPSA) is 90.9 Å². The minimum Gasteiger partial charge on any atom is -0.390 e. The Morgan fingerprint density at radius 1 is 1.19 bits per heavy atom. The van der Waals surface area contributed by atoms with Gasteiger partial charge in [0, 0.05) is 38.8 Å². The summed E-state index contributed by atoms with van der Waals surface area (Å²) < 4.78 is 21.1. The van der Waals surface area contributed by atoms with Crippen molar-refractivity contribution >= 4 is 17.5 Å². The fraction of sp³-hybridized carbons (Fsp3) is 0.517. The van der Waals surface area contributed by atoms with Crippen LogP contribution in [0, 0.1) is 5.82 Å². The van der Waals surface area contributed by atoms with Gasteiger partial charge >= 0.3 is 0 Å². The summed E-state index contributed by atoms with van der Waals surface area (Å²) in [7, 11) is 0. The number of rotatable bonds is 11. The monoisotopic (exact) mass is 511 g/mol. The molecule has 2 aromatic rings. The van der Waals surface area contributed by atoms with Crippen LogP contribution in [0.2, 0.25) is 0 Å². The summed E-state index contributed by atoms with van der Waals surface area (Å²) in [5.41, 5.74) is 1.84. The number of anilines is 1. The molecule has 0 bridgehead atoms. The number of carbonyl (C=O) groups excluding carboxylic acids is 2. The van der Waals surface area contributed by atoms with Crippen LogP contribution in [-0.2, 0) is 22.4 Å². The van der Waals surface area contributed by atoms with Gasteiger partial charge in [-0.05, 0) is 55.4 Å². The zero-order valence-corrected chi connectivity index (χ0v) is 21.5. The molecule has 0 spiro atoms. The first-order chi connectivity index (χ1) is 18.0. The second-order valence-corrected chi connectivity index (χ2v) is 10.0. The highest BCUT2D eigenvalue weighted by Crippen LogP contribution is 2.29. The highest BCUT2D eigenvalue weighted by molar-refractivity contribution is 6.00. The van der Waals surface area contributed by atoms with Gasteiger partial charge in [0.25, 0.3) is 5.91 Å². The molecule has 4 rings (SSSR count). The van der Waals surface area contributed by atoms with E-state index in [-0.39, 0.29) is 23.2 Å². The molecule has 2 atom stereocenters. The fourth-order valence-electron chi connectivity index (χ4n) is 5.09. The lowest BCUT2D eigenvalue weighted by atomic mass is 9.99. The first-order valence-electron chi connectivity index (χ1n) is 13.4. The van der Waals surface area contributed by atoms with E-state index >= 15 is 4.39 Å². The van der Waals surface area contributed by atoms with Crippen molar-refractivity contribution in [3.63, 3.8) is 0 Å². The number of ether oxygens (including phenoxy) is 1. The number of aryl methyl sites for hydroxylation is 1. The van der Waals surface area contributed by atoms with E-state index in [1.165, 1.54) is 4.90 Å². The zero-order valence-electron chi connectivity index (χ0n) is 21.5. The lowest BCUT2D eigenvalue weighted by Gasteiger charge is -2.29. The van der Waals surface area contributed by atoms with E-state index in [4.69, 9.17) is 4.74 Å². The molecule has 0 aromatic heterocycles. The van der Waals surface area contributed by atoms with Gasteiger partial charge in [-0.15, -0.1) is 0 Å².